The molecule has 0 aliphatic carbocycles. The van der Waals surface area contributed by atoms with Crippen LogP contribution in [0.2, 0.25) is 0 Å². The van der Waals surface area contributed by atoms with Gasteiger partial charge in [-0.1, -0.05) is 0 Å². The number of likely N-dealkylation sites (N-methyl/N-ethyl adjacent to an activating group) is 1. The molecule has 2 rings (SSSR count). The fraction of sp³-hybridized carbons (Fsp3) is 0.833. The maximum atomic E-state index is 12.1. The molecule has 4 nitrogen and oxygen atoms in total. The van der Waals surface area contributed by atoms with Crippen molar-refractivity contribution in [2.45, 2.75) is 44.7 Å². The quantitative estimate of drug-likeness (QED) is 0.519. The van der Waals surface area contributed by atoms with Gasteiger partial charge < -0.3 is 4.74 Å². The predicted octanol–water partition coefficient (Wildman–Crippen LogP) is 0.991. The Labute approximate surface area is 95.9 Å². The van der Waals surface area contributed by atoms with E-state index >= 15 is 0 Å². The summed E-state index contributed by atoms with van der Waals surface area (Å²) < 4.78 is 4.97. The number of carbonyl (C=O) groups is 2. The van der Waals surface area contributed by atoms with Crippen LogP contribution in [0.25, 0.3) is 0 Å². The SMILES string of the molecule is CCOC(=O)C1CC2CCCC(C1=O)N2C. The third kappa shape index (κ3) is 1.86. The molecule has 3 unspecified atom stereocenters. The zero-order chi connectivity index (χ0) is 11.7. The smallest absolute Gasteiger partial charge is 0.316 e. The highest BCUT2D eigenvalue weighted by Gasteiger charge is 2.45. The van der Waals surface area contributed by atoms with Crippen molar-refractivity contribution in [3.63, 3.8) is 0 Å². The van der Waals surface area contributed by atoms with E-state index in [-0.39, 0.29) is 17.8 Å². The number of hydrogen-bond donors (Lipinski definition) is 0. The second kappa shape index (κ2) is 4.53. The third-order valence-corrected chi connectivity index (χ3v) is 3.83. The first-order valence-electron chi connectivity index (χ1n) is 6.07. The fourth-order valence-corrected chi connectivity index (χ4v) is 2.91. The van der Waals surface area contributed by atoms with Crippen LogP contribution in [0, 0.1) is 5.92 Å². The van der Waals surface area contributed by atoms with Crippen LogP contribution < -0.4 is 0 Å². The highest BCUT2D eigenvalue weighted by Crippen LogP contribution is 2.34. The van der Waals surface area contributed by atoms with Gasteiger partial charge in [0.1, 0.15) is 5.92 Å². The number of carbonyl (C=O) groups excluding carboxylic acids is 2. The van der Waals surface area contributed by atoms with Gasteiger partial charge in [-0.05, 0) is 39.7 Å². The minimum Gasteiger partial charge on any atom is -0.465 e. The molecule has 0 aromatic rings. The van der Waals surface area contributed by atoms with E-state index in [1.54, 1.807) is 6.92 Å². The molecular weight excluding hydrogens is 206 g/mol. The minimum atomic E-state index is -0.508. The molecule has 90 valence electrons. The summed E-state index contributed by atoms with van der Waals surface area (Å²) in [6.45, 7) is 2.13. The normalized spacial score (nSPS) is 34.9. The fourth-order valence-electron chi connectivity index (χ4n) is 2.91. The molecule has 0 aromatic carbocycles. The molecule has 2 bridgehead atoms. The minimum absolute atomic E-state index is 0.0538. The lowest BCUT2D eigenvalue weighted by molar-refractivity contribution is -0.158. The maximum absolute atomic E-state index is 12.1. The van der Waals surface area contributed by atoms with E-state index in [0.717, 1.165) is 19.3 Å². The van der Waals surface area contributed by atoms with E-state index in [1.165, 1.54) is 0 Å². The van der Waals surface area contributed by atoms with Crippen LogP contribution in [0.5, 0.6) is 0 Å². The van der Waals surface area contributed by atoms with Gasteiger partial charge >= 0.3 is 5.97 Å². The summed E-state index contributed by atoms with van der Waals surface area (Å²) in [6.07, 6.45) is 3.73. The maximum Gasteiger partial charge on any atom is 0.316 e. The molecule has 2 aliphatic heterocycles. The van der Waals surface area contributed by atoms with Crippen molar-refractivity contribution >= 4 is 11.8 Å². The van der Waals surface area contributed by atoms with E-state index < -0.39 is 5.92 Å². The molecule has 2 saturated heterocycles. The lowest BCUT2D eigenvalue weighted by Gasteiger charge is -2.45. The molecule has 2 fully saturated rings. The number of esters is 1. The Morgan fingerprint density at radius 2 is 2.25 bits per heavy atom. The van der Waals surface area contributed by atoms with Crippen LogP contribution in [0.1, 0.15) is 32.6 Å². The number of Topliss-reactive ketones (excluding diaryl/α,β-unsaturated/α-hetero) is 1. The highest BCUT2D eigenvalue weighted by atomic mass is 16.5. The number of fused-ring (bicyclic) bond motifs is 2. The lowest BCUT2D eigenvalue weighted by atomic mass is 9.78. The molecule has 2 heterocycles. The largest absolute Gasteiger partial charge is 0.465 e. The molecule has 0 spiro atoms. The van der Waals surface area contributed by atoms with Crippen LogP contribution in [0.15, 0.2) is 0 Å². The van der Waals surface area contributed by atoms with Crippen LogP contribution in [0.3, 0.4) is 0 Å². The topological polar surface area (TPSA) is 46.6 Å². The molecule has 16 heavy (non-hydrogen) atoms. The Hall–Kier alpha value is -0.900. The average molecular weight is 225 g/mol. The lowest BCUT2D eigenvalue weighted by Crippen LogP contribution is -2.57. The van der Waals surface area contributed by atoms with Gasteiger partial charge in [-0.3, -0.25) is 14.5 Å². The third-order valence-electron chi connectivity index (χ3n) is 3.83. The highest BCUT2D eigenvalue weighted by molar-refractivity contribution is 6.02. The molecule has 2 aliphatic rings. The van der Waals surface area contributed by atoms with E-state index in [2.05, 4.69) is 4.90 Å². The number of ether oxygens (including phenoxy) is 1. The predicted molar refractivity (Wildman–Crippen MR) is 58.9 cm³/mol. The summed E-state index contributed by atoms with van der Waals surface area (Å²) >= 11 is 0. The van der Waals surface area contributed by atoms with Crippen molar-refractivity contribution in [1.82, 2.24) is 4.90 Å². The van der Waals surface area contributed by atoms with Crippen LogP contribution >= 0.6 is 0 Å². The first-order valence-corrected chi connectivity index (χ1v) is 6.07. The molecule has 0 aromatic heterocycles. The van der Waals surface area contributed by atoms with Gasteiger partial charge in [0.2, 0.25) is 0 Å². The number of piperidine rings is 2. The van der Waals surface area contributed by atoms with Gasteiger partial charge in [0.25, 0.3) is 0 Å². The van der Waals surface area contributed by atoms with Gasteiger partial charge in [0, 0.05) is 6.04 Å². The van der Waals surface area contributed by atoms with Crippen molar-refractivity contribution in [2.24, 2.45) is 5.92 Å². The Morgan fingerprint density at radius 1 is 1.50 bits per heavy atom. The van der Waals surface area contributed by atoms with E-state index in [1.807, 2.05) is 7.05 Å². The Balaban J connectivity index is 2.12. The van der Waals surface area contributed by atoms with Gasteiger partial charge in [0.05, 0.1) is 12.6 Å². The standard InChI is InChI=1S/C12H19NO3/c1-3-16-12(15)9-7-8-5-4-6-10(11(9)14)13(8)2/h8-10H,3-7H2,1-2H3. The first-order chi connectivity index (χ1) is 7.65. The summed E-state index contributed by atoms with van der Waals surface area (Å²) in [6, 6.07) is 0.327. The van der Waals surface area contributed by atoms with Crippen LogP contribution in [0.4, 0.5) is 0 Å². The molecule has 3 atom stereocenters. The summed E-state index contributed by atoms with van der Waals surface area (Å²) in [5, 5.41) is 0. The van der Waals surface area contributed by atoms with Crippen LogP contribution in [-0.2, 0) is 14.3 Å². The molecule has 0 N–H and O–H groups in total. The zero-order valence-electron chi connectivity index (χ0n) is 9.94. The van der Waals surface area contributed by atoms with Gasteiger partial charge in [0.15, 0.2) is 5.78 Å². The first kappa shape index (κ1) is 11.6. The van der Waals surface area contributed by atoms with Gasteiger partial charge in [-0.15, -0.1) is 0 Å². The van der Waals surface area contributed by atoms with E-state index in [9.17, 15) is 9.59 Å². The van der Waals surface area contributed by atoms with Crippen molar-refractivity contribution in [3.05, 3.63) is 0 Å². The van der Waals surface area contributed by atoms with Crippen molar-refractivity contribution in [3.8, 4) is 0 Å². The Morgan fingerprint density at radius 3 is 2.94 bits per heavy atom. The van der Waals surface area contributed by atoms with Crippen molar-refractivity contribution in [1.29, 1.82) is 0 Å². The Bertz CT molecular complexity index is 303. The number of hydrogen-bond acceptors (Lipinski definition) is 4. The number of ketones is 1. The second-order valence-corrected chi connectivity index (χ2v) is 4.71. The molecular formula is C12H19NO3. The summed E-state index contributed by atoms with van der Waals surface area (Å²) in [4.78, 5) is 25.9. The number of nitrogens with zero attached hydrogens (tertiary/aromatic N) is 1. The van der Waals surface area contributed by atoms with Crippen molar-refractivity contribution < 1.29 is 14.3 Å². The second-order valence-electron chi connectivity index (χ2n) is 4.71. The summed E-state index contributed by atoms with van der Waals surface area (Å²) in [5.41, 5.74) is 0. The van der Waals surface area contributed by atoms with E-state index in [0.29, 0.717) is 19.1 Å². The van der Waals surface area contributed by atoms with Crippen LogP contribution in [-0.4, -0.2) is 42.4 Å². The van der Waals surface area contributed by atoms with Gasteiger partial charge in [-0.2, -0.15) is 0 Å². The van der Waals surface area contributed by atoms with Gasteiger partial charge in [-0.25, -0.2) is 0 Å². The van der Waals surface area contributed by atoms with E-state index in [4.69, 9.17) is 4.74 Å². The summed E-state index contributed by atoms with van der Waals surface area (Å²) in [5.74, 6) is -0.763. The van der Waals surface area contributed by atoms with Crippen molar-refractivity contribution in [2.75, 3.05) is 13.7 Å². The molecule has 4 heteroatoms. The Kier molecular flexibility index (Phi) is 3.28. The molecule has 0 radical (unpaired) electrons. The monoisotopic (exact) mass is 225 g/mol. The summed E-state index contributed by atoms with van der Waals surface area (Å²) in [7, 11) is 1.99. The average Bonchev–Trinajstić information content (AvgIpc) is 2.24. The number of rotatable bonds is 2. The molecule has 0 amide bonds. The zero-order valence-corrected chi connectivity index (χ0v) is 9.94. The molecule has 0 saturated carbocycles.